The van der Waals surface area contributed by atoms with E-state index in [1.54, 1.807) is 0 Å². The fourth-order valence-corrected chi connectivity index (χ4v) is 1.80. The van der Waals surface area contributed by atoms with E-state index in [0.29, 0.717) is 10.0 Å². The van der Waals surface area contributed by atoms with Crippen LogP contribution in [0, 0.1) is 0 Å². The summed E-state index contributed by atoms with van der Waals surface area (Å²) in [5, 5.41) is 4.68. The lowest BCUT2D eigenvalue weighted by molar-refractivity contribution is 0.691. The van der Waals surface area contributed by atoms with Crippen LogP contribution in [-0.4, -0.2) is 12.6 Å². The third-order valence-corrected chi connectivity index (χ3v) is 3.31. The summed E-state index contributed by atoms with van der Waals surface area (Å²) in [7, 11) is 0. The van der Waals surface area contributed by atoms with Gasteiger partial charge in [0, 0.05) is 6.04 Å². The van der Waals surface area contributed by atoms with Gasteiger partial charge < -0.3 is 5.32 Å². The molecule has 1 aliphatic rings. The van der Waals surface area contributed by atoms with Crippen molar-refractivity contribution in [1.29, 1.82) is 0 Å². The zero-order chi connectivity index (χ0) is 11.4. The summed E-state index contributed by atoms with van der Waals surface area (Å²) in [5.41, 5.74) is 1.10. The molecule has 0 saturated heterocycles. The van der Waals surface area contributed by atoms with E-state index in [-0.39, 0.29) is 0 Å². The molecule has 2 rings (SSSR count). The van der Waals surface area contributed by atoms with Crippen molar-refractivity contribution in [2.45, 2.75) is 25.3 Å². The summed E-state index contributed by atoms with van der Waals surface area (Å²) in [4.78, 5) is 0. The summed E-state index contributed by atoms with van der Waals surface area (Å²) in [6.07, 6.45) is 7.98. The molecule has 0 aliphatic heterocycles. The number of halogens is 2. The third-order valence-electron chi connectivity index (χ3n) is 2.58. The van der Waals surface area contributed by atoms with Gasteiger partial charge in [-0.25, -0.2) is 0 Å². The Labute approximate surface area is 106 Å². The lowest BCUT2D eigenvalue weighted by atomic mass is 10.2. The molecule has 0 amide bonds. The van der Waals surface area contributed by atoms with Crippen LogP contribution in [0.4, 0.5) is 0 Å². The predicted octanol–water partition coefficient (Wildman–Crippen LogP) is 4.15. The molecule has 0 radical (unpaired) electrons. The van der Waals surface area contributed by atoms with Crippen LogP contribution < -0.4 is 5.32 Å². The quantitative estimate of drug-likeness (QED) is 0.780. The van der Waals surface area contributed by atoms with Gasteiger partial charge in [0.1, 0.15) is 0 Å². The molecule has 1 aliphatic carbocycles. The first-order valence-corrected chi connectivity index (χ1v) is 6.36. The zero-order valence-electron chi connectivity index (χ0n) is 9.05. The van der Waals surface area contributed by atoms with E-state index in [1.807, 2.05) is 18.2 Å². The van der Waals surface area contributed by atoms with Crippen molar-refractivity contribution in [3.8, 4) is 0 Å². The van der Waals surface area contributed by atoms with Crippen LogP contribution in [0.3, 0.4) is 0 Å². The Balaban J connectivity index is 1.77. The first kappa shape index (κ1) is 12.0. The van der Waals surface area contributed by atoms with Crippen molar-refractivity contribution >= 4 is 29.3 Å². The van der Waals surface area contributed by atoms with Crippen molar-refractivity contribution in [1.82, 2.24) is 5.32 Å². The first-order chi connectivity index (χ1) is 7.75. The molecular formula is C13H15Cl2N. The standard InChI is InChI=1S/C13H15Cl2N/c14-12-7-4-10(9-13(12)15)3-1-2-8-16-11-5-6-11/h1,3-4,7,9,11,16H,2,5-6,8H2. The van der Waals surface area contributed by atoms with Gasteiger partial charge >= 0.3 is 0 Å². The Hall–Kier alpha value is -0.500. The molecule has 0 heterocycles. The molecule has 0 atom stereocenters. The monoisotopic (exact) mass is 255 g/mol. The highest BCUT2D eigenvalue weighted by atomic mass is 35.5. The van der Waals surface area contributed by atoms with E-state index in [2.05, 4.69) is 17.5 Å². The van der Waals surface area contributed by atoms with E-state index in [9.17, 15) is 0 Å². The maximum atomic E-state index is 5.93. The van der Waals surface area contributed by atoms with E-state index in [0.717, 1.165) is 24.6 Å². The molecule has 0 bridgehead atoms. The molecule has 1 fully saturated rings. The van der Waals surface area contributed by atoms with Crippen LogP contribution in [-0.2, 0) is 0 Å². The second kappa shape index (κ2) is 5.72. The van der Waals surface area contributed by atoms with Crippen LogP contribution in [0.25, 0.3) is 6.08 Å². The van der Waals surface area contributed by atoms with Gasteiger partial charge in [0.2, 0.25) is 0 Å². The topological polar surface area (TPSA) is 12.0 Å². The van der Waals surface area contributed by atoms with Gasteiger partial charge in [-0.15, -0.1) is 0 Å². The molecule has 1 saturated carbocycles. The Morgan fingerprint density at radius 1 is 1.25 bits per heavy atom. The second-order valence-electron chi connectivity index (χ2n) is 4.09. The molecule has 0 spiro atoms. The van der Waals surface area contributed by atoms with Crippen molar-refractivity contribution in [3.05, 3.63) is 39.9 Å². The van der Waals surface area contributed by atoms with Gasteiger partial charge in [0.15, 0.2) is 0 Å². The normalized spacial score (nSPS) is 15.9. The number of benzene rings is 1. The van der Waals surface area contributed by atoms with Gasteiger partial charge in [-0.3, -0.25) is 0 Å². The minimum absolute atomic E-state index is 0.606. The minimum Gasteiger partial charge on any atom is -0.314 e. The smallest absolute Gasteiger partial charge is 0.0598 e. The van der Waals surface area contributed by atoms with E-state index in [4.69, 9.17) is 23.2 Å². The van der Waals surface area contributed by atoms with Gasteiger partial charge in [-0.2, -0.15) is 0 Å². The highest BCUT2D eigenvalue weighted by Crippen LogP contribution is 2.23. The number of rotatable bonds is 5. The third kappa shape index (κ3) is 3.82. The molecule has 1 aromatic rings. The molecule has 1 N–H and O–H groups in total. The average molecular weight is 256 g/mol. The predicted molar refractivity (Wildman–Crippen MR) is 71.1 cm³/mol. The zero-order valence-corrected chi connectivity index (χ0v) is 10.6. The van der Waals surface area contributed by atoms with E-state index >= 15 is 0 Å². The van der Waals surface area contributed by atoms with Gasteiger partial charge in [-0.05, 0) is 43.5 Å². The molecule has 1 aromatic carbocycles. The molecular weight excluding hydrogens is 241 g/mol. The molecule has 16 heavy (non-hydrogen) atoms. The molecule has 86 valence electrons. The maximum absolute atomic E-state index is 5.93. The fraction of sp³-hybridized carbons (Fsp3) is 0.385. The van der Waals surface area contributed by atoms with Gasteiger partial charge in [-0.1, -0.05) is 41.4 Å². The Kier molecular flexibility index (Phi) is 4.28. The van der Waals surface area contributed by atoms with Crippen LogP contribution >= 0.6 is 23.2 Å². The number of hydrogen-bond acceptors (Lipinski definition) is 1. The molecule has 0 aromatic heterocycles. The van der Waals surface area contributed by atoms with Gasteiger partial charge in [0.25, 0.3) is 0 Å². The largest absolute Gasteiger partial charge is 0.314 e. The van der Waals surface area contributed by atoms with Crippen LogP contribution in [0.15, 0.2) is 24.3 Å². The Morgan fingerprint density at radius 2 is 2.06 bits per heavy atom. The van der Waals surface area contributed by atoms with Crippen molar-refractivity contribution in [2.75, 3.05) is 6.54 Å². The molecule has 3 heteroatoms. The summed E-state index contributed by atoms with van der Waals surface area (Å²) in [5.74, 6) is 0. The Bertz CT molecular complexity index is 384. The minimum atomic E-state index is 0.606. The van der Waals surface area contributed by atoms with Gasteiger partial charge in [0.05, 0.1) is 10.0 Å². The summed E-state index contributed by atoms with van der Waals surface area (Å²) in [6.45, 7) is 1.06. The summed E-state index contributed by atoms with van der Waals surface area (Å²) < 4.78 is 0. The van der Waals surface area contributed by atoms with Crippen LogP contribution in [0.5, 0.6) is 0 Å². The van der Waals surface area contributed by atoms with Crippen LogP contribution in [0.2, 0.25) is 10.0 Å². The van der Waals surface area contributed by atoms with E-state index < -0.39 is 0 Å². The highest BCUT2D eigenvalue weighted by Gasteiger charge is 2.19. The second-order valence-corrected chi connectivity index (χ2v) is 4.91. The lowest BCUT2D eigenvalue weighted by Gasteiger charge is -1.99. The van der Waals surface area contributed by atoms with Crippen LogP contribution in [0.1, 0.15) is 24.8 Å². The maximum Gasteiger partial charge on any atom is 0.0598 e. The van der Waals surface area contributed by atoms with E-state index in [1.165, 1.54) is 12.8 Å². The van der Waals surface area contributed by atoms with Crippen molar-refractivity contribution in [3.63, 3.8) is 0 Å². The first-order valence-electron chi connectivity index (χ1n) is 5.60. The number of hydrogen-bond donors (Lipinski definition) is 1. The SMILES string of the molecule is Clc1ccc(C=CCCNC2CC2)cc1Cl. The Morgan fingerprint density at radius 3 is 2.75 bits per heavy atom. The average Bonchev–Trinajstić information content (AvgIpc) is 3.07. The summed E-state index contributed by atoms with van der Waals surface area (Å²) in [6, 6.07) is 6.47. The highest BCUT2D eigenvalue weighted by molar-refractivity contribution is 6.42. The lowest BCUT2D eigenvalue weighted by Crippen LogP contribution is -2.16. The molecule has 0 unspecified atom stereocenters. The number of nitrogens with one attached hydrogen (secondary N) is 1. The van der Waals surface area contributed by atoms with Crippen molar-refractivity contribution in [2.24, 2.45) is 0 Å². The summed E-state index contributed by atoms with van der Waals surface area (Å²) >= 11 is 11.8. The fourth-order valence-electron chi connectivity index (χ4n) is 1.49. The van der Waals surface area contributed by atoms with Crippen molar-refractivity contribution < 1.29 is 0 Å². The molecule has 1 nitrogen and oxygen atoms in total.